The van der Waals surface area contributed by atoms with E-state index in [1.165, 1.54) is 6.21 Å². The van der Waals surface area contributed by atoms with Gasteiger partial charge in [-0.25, -0.2) is 0 Å². The van der Waals surface area contributed by atoms with Gasteiger partial charge in [0, 0.05) is 6.21 Å². The summed E-state index contributed by atoms with van der Waals surface area (Å²) in [6.45, 7) is 7.68. The van der Waals surface area contributed by atoms with E-state index in [4.69, 9.17) is 5.41 Å². The lowest BCUT2D eigenvalue weighted by Crippen LogP contribution is -1.85. The minimum Gasteiger partial charge on any atom is -0.308 e. The van der Waals surface area contributed by atoms with Crippen LogP contribution in [0.5, 0.6) is 0 Å². The molecule has 1 nitrogen and oxygen atoms in total. The fourth-order valence-electron chi connectivity index (χ4n) is 0.988. The van der Waals surface area contributed by atoms with E-state index >= 15 is 0 Å². The lowest BCUT2D eigenvalue weighted by Gasteiger charge is -1.97. The average molecular weight is 175 g/mol. The average Bonchev–Trinajstić information content (AvgIpc) is 2.44. The predicted octanol–water partition coefficient (Wildman–Crippen LogP) is 3.66. The van der Waals surface area contributed by atoms with Gasteiger partial charge in [0.2, 0.25) is 0 Å². The third-order valence-electron chi connectivity index (χ3n) is 1.59. The molecule has 0 aromatic carbocycles. The van der Waals surface area contributed by atoms with Crippen molar-refractivity contribution in [3.05, 3.63) is 48.1 Å². The molecule has 0 bridgehead atoms. The minimum absolute atomic E-state index is 0.901. The monoisotopic (exact) mass is 175 g/mol. The van der Waals surface area contributed by atoms with Crippen molar-refractivity contribution in [1.29, 1.82) is 5.41 Å². The van der Waals surface area contributed by atoms with Crippen LogP contribution >= 0.6 is 0 Å². The molecule has 0 spiro atoms. The van der Waals surface area contributed by atoms with Crippen LogP contribution in [-0.4, -0.2) is 6.21 Å². The van der Waals surface area contributed by atoms with Gasteiger partial charge < -0.3 is 5.41 Å². The Kier molecular flexibility index (Phi) is 6.52. The molecular formula is C12H17N. The second-order valence-corrected chi connectivity index (χ2v) is 2.29. The van der Waals surface area contributed by atoms with E-state index in [-0.39, 0.29) is 0 Å². The maximum Gasteiger partial charge on any atom is 0.0253 e. The molecular weight excluding hydrogens is 158 g/mol. The zero-order valence-electron chi connectivity index (χ0n) is 8.38. The van der Waals surface area contributed by atoms with E-state index in [9.17, 15) is 0 Å². The summed E-state index contributed by atoms with van der Waals surface area (Å²) in [6.07, 6.45) is 12.1. The Balaban J connectivity index is 0.000000671. The van der Waals surface area contributed by atoms with Gasteiger partial charge in [0.25, 0.3) is 0 Å². The molecule has 0 aromatic heterocycles. The molecule has 1 N–H and O–H groups in total. The van der Waals surface area contributed by atoms with Gasteiger partial charge in [-0.05, 0) is 17.6 Å². The van der Waals surface area contributed by atoms with E-state index in [1.54, 1.807) is 6.08 Å². The van der Waals surface area contributed by atoms with Gasteiger partial charge >= 0.3 is 0 Å². The van der Waals surface area contributed by atoms with Crippen LogP contribution in [0, 0.1) is 5.41 Å². The Bertz CT molecular complexity index is 254. The molecule has 0 heterocycles. The van der Waals surface area contributed by atoms with Crippen molar-refractivity contribution in [2.24, 2.45) is 0 Å². The second-order valence-electron chi connectivity index (χ2n) is 2.29. The van der Waals surface area contributed by atoms with Gasteiger partial charge in [-0.15, -0.1) is 0 Å². The molecule has 1 heteroatoms. The lowest BCUT2D eigenvalue weighted by atomic mass is 10.1. The zero-order valence-corrected chi connectivity index (χ0v) is 8.38. The number of rotatable bonds is 2. The summed E-state index contributed by atoms with van der Waals surface area (Å²) in [5.74, 6) is 0. The smallest absolute Gasteiger partial charge is 0.0253 e. The first kappa shape index (κ1) is 11.6. The molecule has 0 aromatic rings. The van der Waals surface area contributed by atoms with Crippen LogP contribution in [0.1, 0.15) is 20.3 Å². The van der Waals surface area contributed by atoms with Crippen molar-refractivity contribution in [2.75, 3.05) is 0 Å². The predicted molar refractivity (Wildman–Crippen MR) is 60.3 cm³/mol. The van der Waals surface area contributed by atoms with Gasteiger partial charge in [0.05, 0.1) is 0 Å². The third kappa shape index (κ3) is 3.70. The Morgan fingerprint density at radius 1 is 1.38 bits per heavy atom. The molecule has 0 radical (unpaired) electrons. The number of allylic oxidation sites excluding steroid dienone is 7. The summed E-state index contributed by atoms with van der Waals surface area (Å²) in [5.41, 5.74) is 1.97. The van der Waals surface area contributed by atoms with Crippen molar-refractivity contribution in [3.8, 4) is 0 Å². The summed E-state index contributed by atoms with van der Waals surface area (Å²) in [4.78, 5) is 0. The largest absolute Gasteiger partial charge is 0.308 e. The molecule has 70 valence electrons. The SMILES string of the molecule is C=CC1=CC=CCC=C1C=N.CC. The third-order valence-corrected chi connectivity index (χ3v) is 1.59. The molecule has 1 rings (SSSR count). The molecule has 0 amide bonds. The summed E-state index contributed by atoms with van der Waals surface area (Å²) >= 11 is 0. The molecule has 0 fully saturated rings. The molecule has 0 saturated carbocycles. The quantitative estimate of drug-likeness (QED) is 0.619. The van der Waals surface area contributed by atoms with Crippen molar-refractivity contribution >= 4 is 6.21 Å². The highest BCUT2D eigenvalue weighted by Gasteiger charge is 1.97. The van der Waals surface area contributed by atoms with Crippen LogP contribution < -0.4 is 0 Å². The molecule has 0 aliphatic heterocycles. The van der Waals surface area contributed by atoms with Crippen LogP contribution in [0.15, 0.2) is 48.1 Å². The normalized spacial score (nSPS) is 14.3. The van der Waals surface area contributed by atoms with Crippen LogP contribution in [-0.2, 0) is 0 Å². The van der Waals surface area contributed by atoms with Gasteiger partial charge in [-0.3, -0.25) is 0 Å². The van der Waals surface area contributed by atoms with Crippen molar-refractivity contribution in [2.45, 2.75) is 20.3 Å². The molecule has 0 unspecified atom stereocenters. The highest BCUT2D eigenvalue weighted by molar-refractivity contribution is 5.84. The van der Waals surface area contributed by atoms with E-state index in [2.05, 4.69) is 12.7 Å². The van der Waals surface area contributed by atoms with E-state index in [0.29, 0.717) is 0 Å². The maximum atomic E-state index is 7.12. The van der Waals surface area contributed by atoms with E-state index < -0.39 is 0 Å². The number of nitrogens with one attached hydrogen (secondary N) is 1. The Morgan fingerprint density at radius 3 is 2.62 bits per heavy atom. The van der Waals surface area contributed by atoms with Gasteiger partial charge in [0.15, 0.2) is 0 Å². The van der Waals surface area contributed by atoms with Crippen molar-refractivity contribution in [1.82, 2.24) is 0 Å². The maximum absolute atomic E-state index is 7.12. The van der Waals surface area contributed by atoms with Gasteiger partial charge in [0.1, 0.15) is 0 Å². The first-order valence-corrected chi connectivity index (χ1v) is 4.58. The summed E-state index contributed by atoms with van der Waals surface area (Å²) in [6, 6.07) is 0. The van der Waals surface area contributed by atoms with Crippen LogP contribution in [0.25, 0.3) is 0 Å². The van der Waals surface area contributed by atoms with Crippen molar-refractivity contribution < 1.29 is 0 Å². The van der Waals surface area contributed by atoms with E-state index in [0.717, 1.165) is 17.6 Å². The first-order chi connectivity index (χ1) is 6.38. The number of hydrogen-bond acceptors (Lipinski definition) is 1. The van der Waals surface area contributed by atoms with Gasteiger partial charge in [-0.1, -0.05) is 50.8 Å². The highest BCUT2D eigenvalue weighted by atomic mass is 14.3. The summed E-state index contributed by atoms with van der Waals surface area (Å²) in [5, 5.41) is 7.12. The molecule has 0 atom stereocenters. The number of hydrogen-bond donors (Lipinski definition) is 1. The molecule has 1 aliphatic carbocycles. The molecule has 0 saturated heterocycles. The Morgan fingerprint density at radius 2 is 2.08 bits per heavy atom. The zero-order chi connectivity index (χ0) is 10.1. The molecule has 13 heavy (non-hydrogen) atoms. The Labute approximate surface area is 80.7 Å². The summed E-state index contributed by atoms with van der Waals surface area (Å²) in [7, 11) is 0. The minimum atomic E-state index is 0.901. The van der Waals surface area contributed by atoms with Crippen LogP contribution in [0.2, 0.25) is 0 Å². The second kappa shape index (κ2) is 7.29. The highest BCUT2D eigenvalue weighted by Crippen LogP contribution is 2.12. The fourth-order valence-corrected chi connectivity index (χ4v) is 0.988. The first-order valence-electron chi connectivity index (χ1n) is 4.58. The Hall–Kier alpha value is -1.37. The van der Waals surface area contributed by atoms with Crippen molar-refractivity contribution in [3.63, 3.8) is 0 Å². The van der Waals surface area contributed by atoms with E-state index in [1.807, 2.05) is 32.1 Å². The van der Waals surface area contributed by atoms with Crippen LogP contribution in [0.3, 0.4) is 0 Å². The molecule has 1 aliphatic rings. The lowest BCUT2D eigenvalue weighted by molar-refractivity contribution is 1.38. The standard InChI is InChI=1S/C10H11N.C2H6/c1-2-9-6-4-3-5-7-10(9)8-11;1-2/h2-4,6-8,11H,1,5H2;1-2H3. The summed E-state index contributed by atoms with van der Waals surface area (Å²) < 4.78 is 0. The fraction of sp³-hybridized carbons (Fsp3) is 0.250. The van der Waals surface area contributed by atoms with Crippen LogP contribution in [0.4, 0.5) is 0 Å². The topological polar surface area (TPSA) is 23.9 Å². The van der Waals surface area contributed by atoms with Gasteiger partial charge in [-0.2, -0.15) is 0 Å².